The largest absolute Gasteiger partial charge is 0.378 e. The smallest absolute Gasteiger partial charge is 0.143 e. The van der Waals surface area contributed by atoms with Crippen molar-refractivity contribution in [1.29, 1.82) is 0 Å². The van der Waals surface area contributed by atoms with Gasteiger partial charge in [-0.05, 0) is 23.3 Å². The lowest BCUT2D eigenvalue weighted by molar-refractivity contribution is -0.117. The summed E-state index contributed by atoms with van der Waals surface area (Å²) >= 11 is 0. The van der Waals surface area contributed by atoms with Crippen LogP contribution in [-0.2, 0) is 22.4 Å². The fourth-order valence-corrected chi connectivity index (χ4v) is 4.62. The van der Waals surface area contributed by atoms with E-state index in [2.05, 4.69) is 36.1 Å². The summed E-state index contributed by atoms with van der Waals surface area (Å²) in [7, 11) is 0. The van der Waals surface area contributed by atoms with E-state index in [1.807, 2.05) is 60.7 Å². The Bertz CT molecular complexity index is 1480. The average molecular weight is 479 g/mol. The maximum Gasteiger partial charge on any atom is 0.143 e. The molecule has 0 atom stereocenters. The summed E-state index contributed by atoms with van der Waals surface area (Å²) in [4.78, 5) is 27.3. The number of fused-ring (bicyclic) bond motifs is 1. The average Bonchev–Trinajstić information content (AvgIpc) is 3.57. The van der Waals surface area contributed by atoms with Gasteiger partial charge in [0.15, 0.2) is 0 Å². The number of aromatic nitrogens is 5. The molecule has 0 radical (unpaired) electrons. The van der Waals surface area contributed by atoms with Crippen LogP contribution in [0.1, 0.15) is 11.3 Å². The number of morpholine rings is 1. The number of rotatable bonds is 7. The molecule has 2 aromatic carbocycles. The first-order valence-electron chi connectivity index (χ1n) is 12.1. The number of anilines is 1. The first-order valence-corrected chi connectivity index (χ1v) is 12.1. The van der Waals surface area contributed by atoms with Crippen molar-refractivity contribution in [2.45, 2.75) is 12.8 Å². The summed E-state index contributed by atoms with van der Waals surface area (Å²) in [6.45, 7) is 3.05. The molecular weight excluding hydrogens is 452 g/mol. The Balaban J connectivity index is 1.14. The van der Waals surface area contributed by atoms with E-state index in [9.17, 15) is 4.79 Å². The minimum Gasteiger partial charge on any atom is -0.378 e. The lowest BCUT2D eigenvalue weighted by atomic mass is 10.0. The Morgan fingerprint density at radius 1 is 0.917 bits per heavy atom. The Labute approximate surface area is 208 Å². The molecule has 0 bridgehead atoms. The van der Waals surface area contributed by atoms with E-state index in [0.717, 1.165) is 63.7 Å². The van der Waals surface area contributed by atoms with Gasteiger partial charge < -0.3 is 14.6 Å². The summed E-state index contributed by atoms with van der Waals surface area (Å²) < 4.78 is 5.48. The van der Waals surface area contributed by atoms with Crippen molar-refractivity contribution >= 4 is 22.6 Å². The lowest BCUT2D eigenvalue weighted by Gasteiger charge is -2.27. The van der Waals surface area contributed by atoms with Crippen molar-refractivity contribution in [2.75, 3.05) is 31.2 Å². The van der Waals surface area contributed by atoms with Crippen molar-refractivity contribution in [3.05, 3.63) is 84.3 Å². The third-order valence-electron chi connectivity index (χ3n) is 6.47. The molecule has 0 spiro atoms. The maximum atomic E-state index is 12.7. The highest BCUT2D eigenvalue weighted by Crippen LogP contribution is 2.29. The van der Waals surface area contributed by atoms with Crippen LogP contribution in [0.2, 0.25) is 0 Å². The normalized spacial score (nSPS) is 13.8. The molecular formula is C28H26N6O2. The standard InChI is InChI=1S/C28H26N6O2/c35-23(15-22-16-26(33-32-22)20-4-2-1-3-5-20)14-19-6-8-21(9-7-19)25-17-24-27(31-25)29-18-30-28(24)34-10-12-36-13-11-34/h1-9,16-18H,10-15H2,(H,32,33)(H,29,30,31). The molecule has 1 fully saturated rings. The molecule has 6 rings (SSSR count). The van der Waals surface area contributed by atoms with Gasteiger partial charge in [-0.15, -0.1) is 0 Å². The van der Waals surface area contributed by atoms with Crippen LogP contribution >= 0.6 is 0 Å². The molecule has 8 heteroatoms. The van der Waals surface area contributed by atoms with Gasteiger partial charge in [-0.2, -0.15) is 5.10 Å². The summed E-state index contributed by atoms with van der Waals surface area (Å²) in [5.41, 5.74) is 6.52. The quantitative estimate of drug-likeness (QED) is 0.364. The van der Waals surface area contributed by atoms with E-state index >= 15 is 0 Å². The number of hydrogen-bond acceptors (Lipinski definition) is 6. The van der Waals surface area contributed by atoms with E-state index < -0.39 is 0 Å². The highest BCUT2D eigenvalue weighted by Gasteiger charge is 2.17. The molecule has 1 aliphatic heterocycles. The zero-order chi connectivity index (χ0) is 24.3. The predicted octanol–water partition coefficient (Wildman–Crippen LogP) is 4.21. The van der Waals surface area contributed by atoms with Gasteiger partial charge in [-0.25, -0.2) is 9.97 Å². The van der Waals surface area contributed by atoms with E-state index in [1.165, 1.54) is 0 Å². The number of carbonyl (C=O) groups is 1. The third-order valence-corrected chi connectivity index (χ3v) is 6.47. The van der Waals surface area contributed by atoms with Gasteiger partial charge in [0.25, 0.3) is 0 Å². The Morgan fingerprint density at radius 3 is 2.53 bits per heavy atom. The fourth-order valence-electron chi connectivity index (χ4n) is 4.62. The van der Waals surface area contributed by atoms with Crippen molar-refractivity contribution in [3.63, 3.8) is 0 Å². The monoisotopic (exact) mass is 478 g/mol. The van der Waals surface area contributed by atoms with Crippen molar-refractivity contribution < 1.29 is 9.53 Å². The number of nitrogens with zero attached hydrogens (tertiary/aromatic N) is 4. The van der Waals surface area contributed by atoms with Crippen LogP contribution in [-0.4, -0.2) is 57.2 Å². The number of H-pyrrole nitrogens is 2. The molecule has 180 valence electrons. The molecule has 1 aliphatic rings. The van der Waals surface area contributed by atoms with Crippen molar-refractivity contribution in [3.8, 4) is 22.5 Å². The van der Waals surface area contributed by atoms with E-state index in [0.29, 0.717) is 26.1 Å². The number of carbonyl (C=O) groups excluding carboxylic acids is 1. The van der Waals surface area contributed by atoms with E-state index in [1.54, 1.807) is 6.33 Å². The molecule has 5 aromatic rings. The van der Waals surface area contributed by atoms with Crippen molar-refractivity contribution in [2.24, 2.45) is 0 Å². The lowest BCUT2D eigenvalue weighted by Crippen LogP contribution is -2.36. The molecule has 2 N–H and O–H groups in total. The highest BCUT2D eigenvalue weighted by atomic mass is 16.5. The van der Waals surface area contributed by atoms with E-state index in [4.69, 9.17) is 4.74 Å². The van der Waals surface area contributed by atoms with Crippen LogP contribution < -0.4 is 4.90 Å². The minimum atomic E-state index is 0.141. The topological polar surface area (TPSA) is 99.8 Å². The molecule has 1 saturated heterocycles. The summed E-state index contributed by atoms with van der Waals surface area (Å²) in [5.74, 6) is 1.07. The van der Waals surface area contributed by atoms with Gasteiger partial charge in [0.1, 0.15) is 23.6 Å². The van der Waals surface area contributed by atoms with Crippen LogP contribution in [0, 0.1) is 0 Å². The minimum absolute atomic E-state index is 0.141. The SMILES string of the molecule is O=C(Cc1ccc(-c2cc3c(N4CCOCC4)ncnc3[nH]2)cc1)Cc1cc(-c2ccccc2)n[nH]1. The first kappa shape index (κ1) is 22.2. The molecule has 0 amide bonds. The van der Waals surface area contributed by atoms with Gasteiger partial charge in [0.05, 0.1) is 24.3 Å². The summed E-state index contributed by atoms with van der Waals surface area (Å²) in [6.07, 6.45) is 2.30. The number of ether oxygens (including phenoxy) is 1. The van der Waals surface area contributed by atoms with Gasteiger partial charge in [0, 0.05) is 42.9 Å². The van der Waals surface area contributed by atoms with E-state index in [-0.39, 0.29) is 5.78 Å². The van der Waals surface area contributed by atoms with Crippen LogP contribution in [0.5, 0.6) is 0 Å². The van der Waals surface area contributed by atoms with Gasteiger partial charge >= 0.3 is 0 Å². The Morgan fingerprint density at radius 2 is 1.72 bits per heavy atom. The zero-order valence-corrected chi connectivity index (χ0v) is 19.8. The molecule has 4 heterocycles. The summed E-state index contributed by atoms with van der Waals surface area (Å²) in [6, 6.07) is 22.1. The van der Waals surface area contributed by atoms with Gasteiger partial charge in [0.2, 0.25) is 0 Å². The number of nitrogens with one attached hydrogen (secondary N) is 2. The summed E-state index contributed by atoms with van der Waals surface area (Å²) in [5, 5.41) is 8.34. The second-order valence-electron chi connectivity index (χ2n) is 8.98. The Kier molecular flexibility index (Phi) is 6.01. The second-order valence-corrected chi connectivity index (χ2v) is 8.98. The maximum absolute atomic E-state index is 12.7. The Hall–Kier alpha value is -4.30. The van der Waals surface area contributed by atoms with Gasteiger partial charge in [-0.1, -0.05) is 54.6 Å². The number of ketones is 1. The number of hydrogen-bond donors (Lipinski definition) is 2. The zero-order valence-electron chi connectivity index (χ0n) is 19.8. The number of benzene rings is 2. The molecule has 36 heavy (non-hydrogen) atoms. The second kappa shape index (κ2) is 9.75. The molecule has 0 unspecified atom stereocenters. The number of aromatic amines is 2. The molecule has 3 aromatic heterocycles. The third kappa shape index (κ3) is 4.63. The van der Waals surface area contributed by atoms with Crippen LogP contribution in [0.3, 0.4) is 0 Å². The van der Waals surface area contributed by atoms with Crippen LogP contribution in [0.15, 0.2) is 73.1 Å². The van der Waals surface area contributed by atoms with Crippen molar-refractivity contribution in [1.82, 2.24) is 25.1 Å². The molecule has 0 saturated carbocycles. The van der Waals surface area contributed by atoms with Crippen LogP contribution in [0.4, 0.5) is 5.82 Å². The van der Waals surface area contributed by atoms with Gasteiger partial charge in [-0.3, -0.25) is 9.89 Å². The fraction of sp³-hybridized carbons (Fsp3) is 0.214. The predicted molar refractivity (Wildman–Crippen MR) is 139 cm³/mol. The highest BCUT2D eigenvalue weighted by molar-refractivity contribution is 5.92. The molecule has 0 aliphatic carbocycles. The number of Topliss-reactive ketones (excluding diaryl/α,β-unsaturated/α-hetero) is 1. The van der Waals surface area contributed by atoms with Crippen LogP contribution in [0.25, 0.3) is 33.5 Å². The first-order chi connectivity index (χ1) is 17.7. The molecule has 8 nitrogen and oxygen atoms in total.